The second-order valence-corrected chi connectivity index (χ2v) is 7.19. The number of benzene rings is 1. The normalized spacial score (nSPS) is 20.8. The van der Waals surface area contributed by atoms with E-state index in [1.807, 2.05) is 44.2 Å². The van der Waals surface area contributed by atoms with E-state index >= 15 is 0 Å². The maximum absolute atomic E-state index is 12.5. The van der Waals surface area contributed by atoms with E-state index in [0.717, 1.165) is 36.6 Å². The first-order valence-electron chi connectivity index (χ1n) is 9.12. The van der Waals surface area contributed by atoms with E-state index in [4.69, 9.17) is 4.74 Å². The third kappa shape index (κ3) is 4.48. The van der Waals surface area contributed by atoms with Crippen LogP contribution in [0.25, 0.3) is 0 Å². The Morgan fingerprint density at radius 3 is 2.42 bits per heavy atom. The van der Waals surface area contributed by atoms with E-state index in [2.05, 4.69) is 29.0 Å². The molecule has 5 heteroatoms. The summed E-state index contributed by atoms with van der Waals surface area (Å²) in [5.41, 5.74) is 4.48. The maximum atomic E-state index is 12.5. The van der Waals surface area contributed by atoms with Gasteiger partial charge >= 0.3 is 0 Å². The highest BCUT2D eigenvalue weighted by Gasteiger charge is 2.22. The van der Waals surface area contributed by atoms with Crippen molar-refractivity contribution in [2.75, 3.05) is 18.4 Å². The first-order valence-corrected chi connectivity index (χ1v) is 9.12. The predicted molar refractivity (Wildman–Crippen MR) is 103 cm³/mol. The predicted octanol–water partition coefficient (Wildman–Crippen LogP) is 3.56. The molecule has 5 nitrogen and oxygen atoms in total. The van der Waals surface area contributed by atoms with Crippen molar-refractivity contribution >= 4 is 11.6 Å². The summed E-state index contributed by atoms with van der Waals surface area (Å²) in [4.78, 5) is 19.2. The molecule has 0 saturated carbocycles. The highest BCUT2D eigenvalue weighted by molar-refractivity contribution is 6.04. The number of nitrogens with one attached hydrogen (secondary N) is 1. The van der Waals surface area contributed by atoms with Crippen LogP contribution in [-0.2, 0) is 11.3 Å². The molecule has 2 heterocycles. The minimum Gasteiger partial charge on any atom is -0.373 e. The SMILES string of the molecule is Cc1ccnc(C)c1NC(=O)c1ccc(CN2CC(C)OC(C)C2)cc1. The van der Waals surface area contributed by atoms with Gasteiger partial charge in [-0.25, -0.2) is 0 Å². The Morgan fingerprint density at radius 1 is 1.15 bits per heavy atom. The minimum absolute atomic E-state index is 0.107. The number of hydrogen-bond acceptors (Lipinski definition) is 4. The Hall–Kier alpha value is -2.24. The van der Waals surface area contributed by atoms with Crippen LogP contribution in [-0.4, -0.2) is 41.1 Å². The lowest BCUT2D eigenvalue weighted by Gasteiger charge is -2.35. The molecule has 1 aliphatic rings. The van der Waals surface area contributed by atoms with Gasteiger partial charge in [-0.1, -0.05) is 12.1 Å². The zero-order chi connectivity index (χ0) is 18.7. The van der Waals surface area contributed by atoms with Crippen molar-refractivity contribution < 1.29 is 9.53 Å². The summed E-state index contributed by atoms with van der Waals surface area (Å²) in [6, 6.07) is 9.74. The molecule has 26 heavy (non-hydrogen) atoms. The van der Waals surface area contributed by atoms with Gasteiger partial charge in [0.15, 0.2) is 0 Å². The Kier molecular flexibility index (Phi) is 5.69. The molecule has 2 atom stereocenters. The molecule has 1 fully saturated rings. The van der Waals surface area contributed by atoms with Gasteiger partial charge in [0.1, 0.15) is 0 Å². The molecule has 0 spiro atoms. The summed E-state index contributed by atoms with van der Waals surface area (Å²) >= 11 is 0. The highest BCUT2D eigenvalue weighted by atomic mass is 16.5. The van der Waals surface area contributed by atoms with E-state index in [1.54, 1.807) is 6.20 Å². The van der Waals surface area contributed by atoms with Crippen molar-refractivity contribution in [3.8, 4) is 0 Å². The van der Waals surface area contributed by atoms with Gasteiger partial charge in [0, 0.05) is 31.4 Å². The molecular weight excluding hydrogens is 326 g/mol. The average Bonchev–Trinajstić information content (AvgIpc) is 2.58. The lowest BCUT2D eigenvalue weighted by molar-refractivity contribution is -0.0704. The van der Waals surface area contributed by atoms with Gasteiger partial charge in [-0.2, -0.15) is 0 Å². The lowest BCUT2D eigenvalue weighted by Crippen LogP contribution is -2.44. The summed E-state index contributed by atoms with van der Waals surface area (Å²) in [5.74, 6) is -0.107. The number of nitrogens with zero attached hydrogens (tertiary/aromatic N) is 2. The number of aromatic nitrogens is 1. The summed E-state index contributed by atoms with van der Waals surface area (Å²) in [6.07, 6.45) is 2.27. The molecule has 1 amide bonds. The molecule has 0 aliphatic carbocycles. The number of amides is 1. The van der Waals surface area contributed by atoms with E-state index in [9.17, 15) is 4.79 Å². The van der Waals surface area contributed by atoms with Crippen molar-refractivity contribution in [2.24, 2.45) is 0 Å². The Labute approximate surface area is 155 Å². The summed E-state index contributed by atoms with van der Waals surface area (Å²) in [6.45, 7) is 10.8. The third-order valence-corrected chi connectivity index (χ3v) is 4.70. The van der Waals surface area contributed by atoms with Crippen LogP contribution in [0.2, 0.25) is 0 Å². The lowest BCUT2D eigenvalue weighted by atomic mass is 10.1. The van der Waals surface area contributed by atoms with Crippen molar-refractivity contribution in [3.63, 3.8) is 0 Å². The summed E-state index contributed by atoms with van der Waals surface area (Å²) in [7, 11) is 0. The first-order chi connectivity index (χ1) is 12.4. The largest absolute Gasteiger partial charge is 0.373 e. The van der Waals surface area contributed by atoms with E-state index < -0.39 is 0 Å². The first kappa shape index (κ1) is 18.5. The van der Waals surface area contributed by atoms with Gasteiger partial charge in [-0.15, -0.1) is 0 Å². The van der Waals surface area contributed by atoms with Crippen LogP contribution in [0, 0.1) is 13.8 Å². The number of rotatable bonds is 4. The monoisotopic (exact) mass is 353 g/mol. The van der Waals surface area contributed by atoms with Crippen LogP contribution in [0.15, 0.2) is 36.5 Å². The number of pyridine rings is 1. The fourth-order valence-electron chi connectivity index (χ4n) is 3.50. The topological polar surface area (TPSA) is 54.5 Å². The van der Waals surface area contributed by atoms with Crippen LogP contribution < -0.4 is 5.32 Å². The number of hydrogen-bond donors (Lipinski definition) is 1. The molecule has 1 aliphatic heterocycles. The van der Waals surface area contributed by atoms with Gasteiger partial charge in [0.05, 0.1) is 23.6 Å². The number of morpholine rings is 1. The van der Waals surface area contributed by atoms with Crippen LogP contribution in [0.5, 0.6) is 0 Å². The van der Waals surface area contributed by atoms with E-state index in [-0.39, 0.29) is 18.1 Å². The van der Waals surface area contributed by atoms with Crippen molar-refractivity contribution in [3.05, 3.63) is 58.9 Å². The van der Waals surface area contributed by atoms with Crippen LogP contribution in [0.1, 0.15) is 41.0 Å². The van der Waals surface area contributed by atoms with Gasteiger partial charge in [0.2, 0.25) is 0 Å². The van der Waals surface area contributed by atoms with Gasteiger partial charge < -0.3 is 10.1 Å². The van der Waals surface area contributed by atoms with Crippen molar-refractivity contribution in [1.82, 2.24) is 9.88 Å². The number of anilines is 1. The number of carbonyl (C=O) groups is 1. The number of carbonyl (C=O) groups excluding carboxylic acids is 1. The summed E-state index contributed by atoms with van der Waals surface area (Å²) in [5, 5.41) is 2.98. The molecule has 1 saturated heterocycles. The molecule has 0 bridgehead atoms. The highest BCUT2D eigenvalue weighted by Crippen LogP contribution is 2.19. The van der Waals surface area contributed by atoms with Crippen LogP contribution in [0.3, 0.4) is 0 Å². The molecule has 0 radical (unpaired) electrons. The summed E-state index contributed by atoms with van der Waals surface area (Å²) < 4.78 is 5.78. The van der Waals surface area contributed by atoms with E-state index in [1.165, 1.54) is 5.56 Å². The van der Waals surface area contributed by atoms with Gasteiger partial charge in [0.25, 0.3) is 5.91 Å². The van der Waals surface area contributed by atoms with Crippen molar-refractivity contribution in [1.29, 1.82) is 0 Å². The maximum Gasteiger partial charge on any atom is 0.255 e. The average molecular weight is 353 g/mol. The van der Waals surface area contributed by atoms with Gasteiger partial charge in [-0.05, 0) is 57.0 Å². The molecule has 1 aromatic carbocycles. The minimum atomic E-state index is -0.107. The second-order valence-electron chi connectivity index (χ2n) is 7.19. The molecule has 2 unspecified atom stereocenters. The van der Waals surface area contributed by atoms with Crippen LogP contribution >= 0.6 is 0 Å². The second kappa shape index (κ2) is 7.98. The zero-order valence-electron chi connectivity index (χ0n) is 16.0. The number of ether oxygens (including phenoxy) is 1. The standard InChI is InChI=1S/C21H27N3O2/c1-14-9-10-22-17(4)20(14)23-21(25)19-7-5-18(6-8-19)13-24-11-15(2)26-16(3)12-24/h5-10,15-16H,11-13H2,1-4H3,(H,23,25). The zero-order valence-corrected chi connectivity index (χ0v) is 16.0. The van der Waals surface area contributed by atoms with Crippen LogP contribution in [0.4, 0.5) is 5.69 Å². The molecule has 138 valence electrons. The Balaban J connectivity index is 1.64. The Bertz CT molecular complexity index is 743. The van der Waals surface area contributed by atoms with E-state index in [0.29, 0.717) is 5.56 Å². The Morgan fingerprint density at radius 2 is 1.81 bits per heavy atom. The molecular formula is C21H27N3O2. The number of aryl methyl sites for hydroxylation is 2. The molecule has 2 aromatic rings. The van der Waals surface area contributed by atoms with Crippen molar-refractivity contribution in [2.45, 2.75) is 46.4 Å². The molecule has 1 N–H and O–H groups in total. The smallest absolute Gasteiger partial charge is 0.255 e. The van der Waals surface area contributed by atoms with Gasteiger partial charge in [-0.3, -0.25) is 14.7 Å². The molecule has 3 rings (SSSR count). The quantitative estimate of drug-likeness (QED) is 0.913. The fourth-order valence-corrected chi connectivity index (χ4v) is 3.50. The fraction of sp³-hybridized carbons (Fsp3) is 0.429. The molecule has 1 aromatic heterocycles. The third-order valence-electron chi connectivity index (χ3n) is 4.70.